The van der Waals surface area contributed by atoms with Crippen molar-refractivity contribution >= 4 is 27.5 Å². The number of rotatable bonds is 5. The number of hydrogen-bond acceptors (Lipinski definition) is 3. The summed E-state index contributed by atoms with van der Waals surface area (Å²) in [6, 6.07) is 0.788. The molecule has 0 aliphatic rings. The van der Waals surface area contributed by atoms with Crippen molar-refractivity contribution < 1.29 is 18.5 Å². The van der Waals surface area contributed by atoms with Gasteiger partial charge in [-0.25, -0.2) is 4.39 Å². The highest BCUT2D eigenvalue weighted by atomic mass is 79.9. The Morgan fingerprint density at radius 2 is 2.05 bits per heavy atom. The quantitative estimate of drug-likeness (QED) is 0.503. The van der Waals surface area contributed by atoms with E-state index in [0.29, 0.717) is 18.6 Å². The van der Waals surface area contributed by atoms with Crippen molar-refractivity contribution in [1.82, 2.24) is 5.32 Å². The number of carbonyl (C=O) groups excluding carboxylic acids is 1. The second kappa shape index (κ2) is 6.74. The first kappa shape index (κ1) is 16.5. The first-order chi connectivity index (χ1) is 9.22. The highest BCUT2D eigenvalue weighted by Gasteiger charge is 2.25. The molecule has 0 saturated carbocycles. The zero-order valence-corrected chi connectivity index (χ0v) is 12.4. The number of amides is 1. The van der Waals surface area contributed by atoms with Gasteiger partial charge in [-0.2, -0.15) is 4.39 Å². The van der Waals surface area contributed by atoms with E-state index in [1.54, 1.807) is 6.92 Å². The first-order valence-electron chi connectivity index (χ1n) is 5.80. The van der Waals surface area contributed by atoms with Gasteiger partial charge in [0, 0.05) is 10.9 Å². The summed E-state index contributed by atoms with van der Waals surface area (Å²) in [6.45, 7) is 3.57. The van der Waals surface area contributed by atoms with Crippen molar-refractivity contribution in [3.63, 3.8) is 0 Å². The highest BCUT2D eigenvalue weighted by molar-refractivity contribution is 9.09. The molecule has 2 atom stereocenters. The summed E-state index contributed by atoms with van der Waals surface area (Å²) in [5.74, 6) is -3.26. The van der Waals surface area contributed by atoms with Crippen LogP contribution in [-0.2, 0) is 0 Å². The second-order valence-electron chi connectivity index (χ2n) is 4.43. The zero-order valence-electron chi connectivity index (χ0n) is 10.8. The summed E-state index contributed by atoms with van der Waals surface area (Å²) >= 11 is 3.30. The maximum atomic E-state index is 13.8. The number of nitrogens with one attached hydrogen (secondary N) is 1. The molecule has 0 aliphatic heterocycles. The van der Waals surface area contributed by atoms with Crippen molar-refractivity contribution in [2.75, 3.05) is 0 Å². The molecule has 0 saturated heterocycles. The van der Waals surface area contributed by atoms with E-state index in [9.17, 15) is 23.7 Å². The maximum Gasteiger partial charge on any atom is 0.308 e. The molecule has 0 fully saturated rings. The van der Waals surface area contributed by atoms with E-state index in [0.717, 1.165) is 0 Å². The summed E-state index contributed by atoms with van der Waals surface area (Å²) in [7, 11) is 0. The lowest BCUT2D eigenvalue weighted by Crippen LogP contribution is -2.34. The van der Waals surface area contributed by atoms with Crippen molar-refractivity contribution in [1.29, 1.82) is 0 Å². The molecule has 1 aromatic carbocycles. The van der Waals surface area contributed by atoms with Crippen LogP contribution in [0, 0.1) is 21.7 Å². The molecule has 2 unspecified atom stereocenters. The predicted molar refractivity (Wildman–Crippen MR) is 72.9 cm³/mol. The van der Waals surface area contributed by atoms with Gasteiger partial charge in [0.05, 0.1) is 16.6 Å². The number of carbonyl (C=O) groups is 1. The van der Waals surface area contributed by atoms with Gasteiger partial charge in [-0.3, -0.25) is 14.9 Å². The summed E-state index contributed by atoms with van der Waals surface area (Å²) < 4.78 is 27.0. The Bertz CT molecular complexity index is 538. The molecule has 0 spiro atoms. The fraction of sp³-hybridized carbons (Fsp3) is 0.417. The fourth-order valence-electron chi connectivity index (χ4n) is 1.72. The van der Waals surface area contributed by atoms with Crippen molar-refractivity contribution in [3.8, 4) is 0 Å². The van der Waals surface area contributed by atoms with Gasteiger partial charge in [-0.1, -0.05) is 22.9 Å². The molecule has 8 heteroatoms. The van der Waals surface area contributed by atoms with Crippen LogP contribution in [0.2, 0.25) is 0 Å². The number of benzene rings is 1. The molecule has 1 rings (SSSR count). The Hall–Kier alpha value is -1.57. The predicted octanol–water partition coefficient (Wildman–Crippen LogP) is 3.16. The van der Waals surface area contributed by atoms with E-state index in [4.69, 9.17) is 0 Å². The minimum absolute atomic E-state index is 0.129. The van der Waals surface area contributed by atoms with E-state index in [-0.39, 0.29) is 10.9 Å². The number of nitrogens with zero attached hydrogens (tertiary/aromatic N) is 1. The van der Waals surface area contributed by atoms with Gasteiger partial charge >= 0.3 is 5.69 Å². The van der Waals surface area contributed by atoms with E-state index in [2.05, 4.69) is 21.2 Å². The molecular weight excluding hydrogens is 338 g/mol. The molecule has 0 radical (unpaired) electrons. The van der Waals surface area contributed by atoms with Gasteiger partial charge in [0.25, 0.3) is 5.91 Å². The molecular formula is C12H13BrF2N2O3. The van der Waals surface area contributed by atoms with E-state index in [1.165, 1.54) is 0 Å². The Morgan fingerprint density at radius 3 is 2.55 bits per heavy atom. The van der Waals surface area contributed by atoms with Gasteiger partial charge in [-0.05, 0) is 19.4 Å². The van der Waals surface area contributed by atoms with Crippen LogP contribution in [0.25, 0.3) is 0 Å². The standard InChI is InChI=1S/C12H13BrF2N2O3/c1-6(13)3-7(2)16-12(18)9-4-8(14)5-10(11(9)15)17(19)20/h4-7H,3H2,1-2H3,(H,16,18). The summed E-state index contributed by atoms with van der Waals surface area (Å²) in [6.07, 6.45) is 0.574. The summed E-state index contributed by atoms with van der Waals surface area (Å²) in [5.41, 5.74) is -1.73. The van der Waals surface area contributed by atoms with E-state index < -0.39 is 33.7 Å². The third-order valence-electron chi connectivity index (χ3n) is 2.52. The largest absolute Gasteiger partial charge is 0.349 e. The molecule has 1 N–H and O–H groups in total. The van der Waals surface area contributed by atoms with Crippen LogP contribution in [0.15, 0.2) is 12.1 Å². The van der Waals surface area contributed by atoms with Gasteiger partial charge in [0.2, 0.25) is 5.82 Å². The van der Waals surface area contributed by atoms with Crippen molar-refractivity contribution in [2.45, 2.75) is 31.1 Å². The van der Waals surface area contributed by atoms with Gasteiger partial charge in [0.1, 0.15) is 5.82 Å². The number of halogens is 3. The van der Waals surface area contributed by atoms with Crippen LogP contribution < -0.4 is 5.32 Å². The number of hydrogen-bond donors (Lipinski definition) is 1. The minimum atomic E-state index is -1.34. The fourth-order valence-corrected chi connectivity index (χ4v) is 2.28. The third-order valence-corrected chi connectivity index (χ3v) is 2.89. The molecule has 0 aromatic heterocycles. The average molecular weight is 351 g/mol. The smallest absolute Gasteiger partial charge is 0.308 e. The van der Waals surface area contributed by atoms with Crippen molar-refractivity contribution in [2.24, 2.45) is 0 Å². The van der Waals surface area contributed by atoms with Crippen molar-refractivity contribution in [3.05, 3.63) is 39.4 Å². The Balaban J connectivity index is 3.01. The third kappa shape index (κ3) is 4.22. The lowest BCUT2D eigenvalue weighted by Gasteiger charge is -2.15. The Labute approximate surface area is 122 Å². The molecule has 5 nitrogen and oxygen atoms in total. The first-order valence-corrected chi connectivity index (χ1v) is 6.72. The molecule has 0 bridgehead atoms. The molecule has 0 heterocycles. The zero-order chi connectivity index (χ0) is 15.4. The lowest BCUT2D eigenvalue weighted by atomic mass is 10.1. The minimum Gasteiger partial charge on any atom is -0.349 e. The van der Waals surface area contributed by atoms with Crippen LogP contribution in [-0.4, -0.2) is 21.7 Å². The highest BCUT2D eigenvalue weighted by Crippen LogP contribution is 2.22. The monoisotopic (exact) mass is 350 g/mol. The Morgan fingerprint density at radius 1 is 1.45 bits per heavy atom. The Kier molecular flexibility index (Phi) is 5.55. The molecule has 110 valence electrons. The van der Waals surface area contributed by atoms with Gasteiger partial charge in [-0.15, -0.1) is 0 Å². The summed E-state index contributed by atoms with van der Waals surface area (Å²) in [4.78, 5) is 21.5. The molecule has 0 aliphatic carbocycles. The van der Waals surface area contributed by atoms with Gasteiger partial charge < -0.3 is 5.32 Å². The number of nitro benzene ring substituents is 1. The number of alkyl halides is 1. The van der Waals surface area contributed by atoms with Gasteiger partial charge in [0.15, 0.2) is 0 Å². The topological polar surface area (TPSA) is 72.2 Å². The SMILES string of the molecule is CC(Br)CC(C)NC(=O)c1cc(F)cc([N+](=O)[O-])c1F. The second-order valence-corrected chi connectivity index (χ2v) is 6.00. The van der Waals surface area contributed by atoms with Crippen LogP contribution >= 0.6 is 15.9 Å². The molecule has 1 aromatic rings. The van der Waals surface area contributed by atoms with E-state index in [1.807, 2.05) is 6.92 Å². The average Bonchev–Trinajstić information content (AvgIpc) is 2.29. The molecule has 1 amide bonds. The maximum absolute atomic E-state index is 13.8. The molecule has 20 heavy (non-hydrogen) atoms. The van der Waals surface area contributed by atoms with Crippen LogP contribution in [0.3, 0.4) is 0 Å². The van der Waals surface area contributed by atoms with E-state index >= 15 is 0 Å². The van der Waals surface area contributed by atoms with Crippen LogP contribution in [0.4, 0.5) is 14.5 Å². The lowest BCUT2D eigenvalue weighted by molar-refractivity contribution is -0.387. The van der Waals surface area contributed by atoms with Crippen LogP contribution in [0.1, 0.15) is 30.6 Å². The van der Waals surface area contributed by atoms with Crippen LogP contribution in [0.5, 0.6) is 0 Å². The normalized spacial score (nSPS) is 13.7. The summed E-state index contributed by atoms with van der Waals surface area (Å²) in [5, 5.41) is 13.0. The number of nitro groups is 1.